The van der Waals surface area contributed by atoms with Crippen molar-refractivity contribution in [2.24, 2.45) is 0 Å². The van der Waals surface area contributed by atoms with E-state index in [4.69, 9.17) is 0 Å². The quantitative estimate of drug-likeness (QED) is 0.718. The smallest absolute Gasteiger partial charge is 0.460 e. The SMILES string of the molecule is Oc1cccc2ccc(C(F)(F)C(F)(F)C(F)(F)C(F)(F)F)cc12. The maximum Gasteiger partial charge on any atom is 0.460 e. The second-order valence-corrected chi connectivity index (χ2v) is 4.93. The van der Waals surface area contributed by atoms with E-state index in [-0.39, 0.29) is 11.5 Å². The van der Waals surface area contributed by atoms with Crippen LogP contribution in [0.1, 0.15) is 5.56 Å². The minimum atomic E-state index is -6.96. The van der Waals surface area contributed by atoms with Crippen LogP contribution in [0, 0.1) is 0 Å². The molecule has 0 amide bonds. The molecule has 2 aromatic carbocycles. The molecule has 1 N–H and O–H groups in total. The lowest BCUT2D eigenvalue weighted by Gasteiger charge is -2.33. The van der Waals surface area contributed by atoms with Gasteiger partial charge in [-0.25, -0.2) is 0 Å². The molecule has 0 unspecified atom stereocenters. The Morgan fingerprint density at radius 2 is 1.29 bits per heavy atom. The predicted octanol–water partition coefficient (Wildman–Crippen LogP) is 5.47. The van der Waals surface area contributed by atoms with Crippen molar-refractivity contribution in [1.29, 1.82) is 0 Å². The molecule has 0 bridgehead atoms. The van der Waals surface area contributed by atoms with E-state index in [2.05, 4.69) is 0 Å². The Kier molecular flexibility index (Phi) is 3.93. The highest BCUT2D eigenvalue weighted by Crippen LogP contribution is 2.56. The Balaban J connectivity index is 2.63. The van der Waals surface area contributed by atoms with Crippen LogP contribution < -0.4 is 0 Å². The highest BCUT2D eigenvalue weighted by molar-refractivity contribution is 5.88. The number of rotatable bonds is 3. The number of halogens is 9. The van der Waals surface area contributed by atoms with Gasteiger partial charge in [0.2, 0.25) is 0 Å². The van der Waals surface area contributed by atoms with E-state index >= 15 is 0 Å². The van der Waals surface area contributed by atoms with Crippen molar-refractivity contribution in [1.82, 2.24) is 0 Å². The van der Waals surface area contributed by atoms with Gasteiger partial charge in [-0.15, -0.1) is 0 Å². The van der Waals surface area contributed by atoms with E-state index < -0.39 is 40.6 Å². The highest BCUT2D eigenvalue weighted by atomic mass is 19.4. The molecule has 24 heavy (non-hydrogen) atoms. The topological polar surface area (TPSA) is 20.2 Å². The largest absolute Gasteiger partial charge is 0.507 e. The molecule has 0 aliphatic heterocycles. The number of fused-ring (bicyclic) bond motifs is 1. The molecular formula is C14H7F9O. The summed E-state index contributed by atoms with van der Waals surface area (Å²) in [6.07, 6.45) is -6.88. The first kappa shape index (κ1) is 18.2. The Morgan fingerprint density at radius 3 is 1.83 bits per heavy atom. The van der Waals surface area contributed by atoms with Gasteiger partial charge in [-0.2, -0.15) is 39.5 Å². The summed E-state index contributed by atoms with van der Waals surface area (Å²) in [5, 5.41) is 9.19. The molecule has 0 saturated heterocycles. The van der Waals surface area contributed by atoms with E-state index in [0.29, 0.717) is 6.07 Å². The van der Waals surface area contributed by atoms with Crippen LogP contribution in [0.15, 0.2) is 36.4 Å². The summed E-state index contributed by atoms with van der Waals surface area (Å²) >= 11 is 0. The standard InChI is InChI=1S/C14H7F9O/c15-11(16,12(17,18)13(19,20)14(21,22)23)8-5-4-7-2-1-3-10(24)9(7)6-8/h1-6,24H. The molecule has 0 aromatic heterocycles. The van der Waals surface area contributed by atoms with Crippen molar-refractivity contribution >= 4 is 10.8 Å². The van der Waals surface area contributed by atoms with Crippen molar-refractivity contribution in [3.63, 3.8) is 0 Å². The fourth-order valence-electron chi connectivity index (χ4n) is 2.01. The van der Waals surface area contributed by atoms with E-state index in [1.54, 1.807) is 0 Å². The Labute approximate surface area is 128 Å². The molecule has 0 radical (unpaired) electrons. The molecule has 1 nitrogen and oxygen atoms in total. The van der Waals surface area contributed by atoms with Gasteiger partial charge in [0.1, 0.15) is 5.75 Å². The molecule has 0 saturated carbocycles. The van der Waals surface area contributed by atoms with Gasteiger partial charge in [0, 0.05) is 10.9 Å². The summed E-state index contributed by atoms with van der Waals surface area (Å²) in [7, 11) is 0. The zero-order chi connectivity index (χ0) is 18.6. The minimum absolute atomic E-state index is 0.0976. The summed E-state index contributed by atoms with van der Waals surface area (Å²) in [5.74, 6) is -20.2. The maximum absolute atomic E-state index is 13.8. The first-order chi connectivity index (χ1) is 10.7. The molecule has 0 aliphatic carbocycles. The molecule has 0 fully saturated rings. The Morgan fingerprint density at radius 1 is 0.708 bits per heavy atom. The van der Waals surface area contributed by atoms with Gasteiger partial charge in [0.05, 0.1) is 0 Å². The third-order valence-electron chi connectivity index (χ3n) is 3.37. The summed E-state index contributed by atoms with van der Waals surface area (Å²) in [4.78, 5) is 0. The number of phenolic OH excluding ortho intramolecular Hbond substituents is 1. The van der Waals surface area contributed by atoms with Gasteiger partial charge in [-0.3, -0.25) is 0 Å². The van der Waals surface area contributed by atoms with Crippen LogP contribution in [0.25, 0.3) is 10.8 Å². The van der Waals surface area contributed by atoms with Gasteiger partial charge in [0.25, 0.3) is 0 Å². The minimum Gasteiger partial charge on any atom is -0.507 e. The summed E-state index contributed by atoms with van der Waals surface area (Å²) < 4.78 is 116. The first-order valence-corrected chi connectivity index (χ1v) is 6.16. The fourth-order valence-corrected chi connectivity index (χ4v) is 2.01. The molecule has 2 rings (SSSR count). The zero-order valence-corrected chi connectivity index (χ0v) is 11.3. The number of benzene rings is 2. The summed E-state index contributed by atoms with van der Waals surface area (Å²) in [5.41, 5.74) is -1.79. The zero-order valence-electron chi connectivity index (χ0n) is 11.3. The van der Waals surface area contributed by atoms with E-state index in [1.807, 2.05) is 0 Å². The predicted molar refractivity (Wildman–Crippen MR) is 65.5 cm³/mol. The van der Waals surface area contributed by atoms with Gasteiger partial charge in [0.15, 0.2) is 0 Å². The van der Waals surface area contributed by atoms with Crippen LogP contribution in [-0.4, -0.2) is 23.1 Å². The normalized spacial score (nSPS) is 14.2. The van der Waals surface area contributed by atoms with Crippen LogP contribution in [0.4, 0.5) is 39.5 Å². The van der Waals surface area contributed by atoms with E-state index in [1.165, 1.54) is 12.1 Å². The number of alkyl halides is 9. The van der Waals surface area contributed by atoms with Gasteiger partial charge < -0.3 is 5.11 Å². The van der Waals surface area contributed by atoms with Gasteiger partial charge in [-0.05, 0) is 17.5 Å². The first-order valence-electron chi connectivity index (χ1n) is 6.16. The lowest BCUT2D eigenvalue weighted by atomic mass is 9.94. The van der Waals surface area contributed by atoms with Crippen LogP contribution in [0.2, 0.25) is 0 Å². The van der Waals surface area contributed by atoms with Gasteiger partial charge >= 0.3 is 23.9 Å². The fraction of sp³-hybridized carbons (Fsp3) is 0.286. The molecule has 2 aromatic rings. The number of hydrogen-bond acceptors (Lipinski definition) is 1. The lowest BCUT2D eigenvalue weighted by molar-refractivity contribution is -0.399. The van der Waals surface area contributed by atoms with Crippen molar-refractivity contribution in [3.05, 3.63) is 42.0 Å². The van der Waals surface area contributed by atoms with Crippen molar-refractivity contribution in [2.45, 2.75) is 23.9 Å². The van der Waals surface area contributed by atoms with Gasteiger partial charge in [-0.1, -0.05) is 24.3 Å². The summed E-state index contributed by atoms with van der Waals surface area (Å²) in [6.45, 7) is 0. The van der Waals surface area contributed by atoms with Crippen molar-refractivity contribution < 1.29 is 44.6 Å². The van der Waals surface area contributed by atoms with E-state index in [9.17, 15) is 44.6 Å². The lowest BCUT2D eigenvalue weighted by Crippen LogP contribution is -2.59. The molecule has 132 valence electrons. The monoisotopic (exact) mass is 362 g/mol. The molecule has 0 spiro atoms. The van der Waals surface area contributed by atoms with E-state index in [0.717, 1.165) is 12.1 Å². The second-order valence-electron chi connectivity index (χ2n) is 4.93. The third-order valence-corrected chi connectivity index (χ3v) is 3.37. The highest BCUT2D eigenvalue weighted by Gasteiger charge is 2.82. The maximum atomic E-state index is 13.8. The average Bonchev–Trinajstić information content (AvgIpc) is 2.45. The number of hydrogen-bond donors (Lipinski definition) is 1. The number of phenols is 1. The van der Waals surface area contributed by atoms with Crippen LogP contribution in [-0.2, 0) is 5.92 Å². The van der Waals surface area contributed by atoms with Crippen LogP contribution in [0.5, 0.6) is 5.75 Å². The Bertz CT molecular complexity index is 764. The van der Waals surface area contributed by atoms with Crippen LogP contribution in [0.3, 0.4) is 0 Å². The third kappa shape index (κ3) is 2.44. The second kappa shape index (κ2) is 5.18. The summed E-state index contributed by atoms with van der Waals surface area (Å²) in [6, 6.07) is 4.92. The molecule has 0 heterocycles. The molecule has 10 heteroatoms. The van der Waals surface area contributed by atoms with Crippen molar-refractivity contribution in [3.8, 4) is 5.75 Å². The molecular weight excluding hydrogens is 355 g/mol. The molecule has 0 aliphatic rings. The number of aromatic hydroxyl groups is 1. The average molecular weight is 362 g/mol. The molecule has 0 atom stereocenters. The van der Waals surface area contributed by atoms with Crippen LogP contribution >= 0.6 is 0 Å². The van der Waals surface area contributed by atoms with Crippen molar-refractivity contribution in [2.75, 3.05) is 0 Å². The Hall–Kier alpha value is -2.13.